The van der Waals surface area contributed by atoms with E-state index in [9.17, 15) is 0 Å². The molecule has 0 aromatic rings. The highest BCUT2D eigenvalue weighted by molar-refractivity contribution is 4.87. The Bertz CT molecular complexity index is 172. The van der Waals surface area contributed by atoms with Gasteiger partial charge < -0.3 is 5.32 Å². The van der Waals surface area contributed by atoms with Crippen molar-refractivity contribution in [1.29, 1.82) is 0 Å². The first kappa shape index (κ1) is 12.0. The molecule has 1 fully saturated rings. The van der Waals surface area contributed by atoms with Crippen molar-refractivity contribution in [3.05, 3.63) is 0 Å². The molecule has 2 heteroatoms. The molecule has 1 rings (SSSR count). The van der Waals surface area contributed by atoms with Gasteiger partial charge in [0.15, 0.2) is 0 Å². The summed E-state index contributed by atoms with van der Waals surface area (Å²) in [5, 5.41) is 3.48. The van der Waals surface area contributed by atoms with Gasteiger partial charge in [0, 0.05) is 31.7 Å². The number of rotatable bonds is 2. The molecule has 0 spiro atoms. The lowest BCUT2D eigenvalue weighted by molar-refractivity contribution is 0.0508. The molecule has 84 valence electrons. The van der Waals surface area contributed by atoms with E-state index in [0.717, 1.165) is 19.1 Å². The summed E-state index contributed by atoms with van der Waals surface area (Å²) in [6.45, 7) is 15.2. The quantitative estimate of drug-likeness (QED) is 0.731. The molecule has 0 aliphatic carbocycles. The molecule has 0 aromatic heterocycles. The van der Waals surface area contributed by atoms with Gasteiger partial charge in [-0.25, -0.2) is 0 Å². The van der Waals surface area contributed by atoms with Gasteiger partial charge in [0.2, 0.25) is 0 Å². The van der Waals surface area contributed by atoms with Crippen molar-refractivity contribution < 1.29 is 0 Å². The molecule has 1 aliphatic heterocycles. The van der Waals surface area contributed by atoms with Crippen LogP contribution in [0.15, 0.2) is 0 Å². The summed E-state index contributed by atoms with van der Waals surface area (Å²) in [5.41, 5.74) is 0.394. The van der Waals surface area contributed by atoms with Crippen molar-refractivity contribution in [2.24, 2.45) is 5.41 Å². The zero-order chi connectivity index (χ0) is 10.8. The summed E-state index contributed by atoms with van der Waals surface area (Å²) in [6.07, 6.45) is 1.26. The number of nitrogens with one attached hydrogen (secondary N) is 1. The molecule has 1 N–H and O–H groups in total. The Morgan fingerprint density at radius 1 is 1.43 bits per heavy atom. The fraction of sp³-hybridized carbons (Fsp3) is 1.00. The Hall–Kier alpha value is -0.0800. The predicted octanol–water partition coefficient (Wildman–Crippen LogP) is 2.10. The summed E-state index contributed by atoms with van der Waals surface area (Å²) < 4.78 is 0. The fourth-order valence-corrected chi connectivity index (χ4v) is 2.16. The van der Waals surface area contributed by atoms with Crippen LogP contribution in [-0.2, 0) is 0 Å². The number of hydrogen-bond acceptors (Lipinski definition) is 2. The Labute approximate surface area is 89.1 Å². The van der Waals surface area contributed by atoms with Crippen LogP contribution >= 0.6 is 0 Å². The fourth-order valence-electron chi connectivity index (χ4n) is 2.16. The molecule has 2 nitrogen and oxygen atoms in total. The largest absolute Gasteiger partial charge is 0.314 e. The Morgan fingerprint density at radius 3 is 2.57 bits per heavy atom. The van der Waals surface area contributed by atoms with E-state index in [-0.39, 0.29) is 0 Å². The predicted molar refractivity (Wildman–Crippen MR) is 62.6 cm³/mol. The number of piperazine rings is 1. The third-order valence-corrected chi connectivity index (χ3v) is 3.62. The molecule has 2 atom stereocenters. The second-order valence-corrected chi connectivity index (χ2v) is 5.55. The van der Waals surface area contributed by atoms with Crippen LogP contribution in [0.1, 0.15) is 41.0 Å². The highest BCUT2D eigenvalue weighted by Gasteiger charge is 2.31. The van der Waals surface area contributed by atoms with Crippen LogP contribution in [0.25, 0.3) is 0 Å². The lowest BCUT2D eigenvalue weighted by Gasteiger charge is -2.45. The van der Waals surface area contributed by atoms with Crippen molar-refractivity contribution in [1.82, 2.24) is 10.2 Å². The standard InChI is InChI=1S/C12H26N2/c1-6-11-9-13-7-8-14(11)10(2)12(3,4)5/h10-11,13H,6-9H2,1-5H3. The Morgan fingerprint density at radius 2 is 2.07 bits per heavy atom. The molecule has 0 saturated carbocycles. The molecule has 0 radical (unpaired) electrons. The van der Waals surface area contributed by atoms with E-state index in [1.165, 1.54) is 13.0 Å². The van der Waals surface area contributed by atoms with Gasteiger partial charge in [0.05, 0.1) is 0 Å². The number of hydrogen-bond donors (Lipinski definition) is 1. The third kappa shape index (κ3) is 2.71. The maximum Gasteiger partial charge on any atom is 0.0221 e. The lowest BCUT2D eigenvalue weighted by Crippen LogP contribution is -2.57. The van der Waals surface area contributed by atoms with Gasteiger partial charge in [0.1, 0.15) is 0 Å². The smallest absolute Gasteiger partial charge is 0.0221 e. The van der Waals surface area contributed by atoms with E-state index in [2.05, 4.69) is 44.8 Å². The van der Waals surface area contributed by atoms with Crippen molar-refractivity contribution in [3.63, 3.8) is 0 Å². The Balaban J connectivity index is 2.63. The van der Waals surface area contributed by atoms with Gasteiger partial charge in [-0.2, -0.15) is 0 Å². The zero-order valence-corrected chi connectivity index (χ0v) is 10.4. The second kappa shape index (κ2) is 4.63. The first-order chi connectivity index (χ1) is 6.46. The normalized spacial score (nSPS) is 27.6. The Kier molecular flexibility index (Phi) is 3.96. The van der Waals surface area contributed by atoms with Gasteiger partial charge in [-0.15, -0.1) is 0 Å². The van der Waals surface area contributed by atoms with E-state index in [4.69, 9.17) is 0 Å². The van der Waals surface area contributed by atoms with Gasteiger partial charge >= 0.3 is 0 Å². The molecule has 2 unspecified atom stereocenters. The summed E-state index contributed by atoms with van der Waals surface area (Å²) in [5.74, 6) is 0. The average Bonchev–Trinajstić information content (AvgIpc) is 2.15. The monoisotopic (exact) mass is 198 g/mol. The number of nitrogens with zero attached hydrogens (tertiary/aromatic N) is 1. The minimum atomic E-state index is 0.394. The highest BCUT2D eigenvalue weighted by Crippen LogP contribution is 2.26. The SMILES string of the molecule is CCC1CNCCN1C(C)C(C)(C)C. The molecule has 1 saturated heterocycles. The van der Waals surface area contributed by atoms with Gasteiger partial charge in [-0.3, -0.25) is 4.90 Å². The van der Waals surface area contributed by atoms with Gasteiger partial charge in [-0.05, 0) is 18.8 Å². The maximum atomic E-state index is 3.48. The first-order valence-electron chi connectivity index (χ1n) is 5.93. The molecular weight excluding hydrogens is 172 g/mol. The van der Waals surface area contributed by atoms with Crippen molar-refractivity contribution >= 4 is 0 Å². The minimum Gasteiger partial charge on any atom is -0.314 e. The second-order valence-electron chi connectivity index (χ2n) is 5.55. The van der Waals surface area contributed by atoms with E-state index < -0.39 is 0 Å². The maximum absolute atomic E-state index is 3.48. The van der Waals surface area contributed by atoms with Crippen LogP contribution in [-0.4, -0.2) is 36.6 Å². The van der Waals surface area contributed by atoms with Gasteiger partial charge in [0.25, 0.3) is 0 Å². The molecular formula is C12H26N2. The first-order valence-corrected chi connectivity index (χ1v) is 5.93. The molecule has 0 aromatic carbocycles. The van der Waals surface area contributed by atoms with E-state index >= 15 is 0 Å². The van der Waals surface area contributed by atoms with Gasteiger partial charge in [-0.1, -0.05) is 27.7 Å². The van der Waals surface area contributed by atoms with Crippen molar-refractivity contribution in [2.45, 2.75) is 53.1 Å². The average molecular weight is 198 g/mol. The summed E-state index contributed by atoms with van der Waals surface area (Å²) in [6, 6.07) is 1.41. The van der Waals surface area contributed by atoms with E-state index in [1.807, 2.05) is 0 Å². The van der Waals surface area contributed by atoms with Crippen LogP contribution in [0.5, 0.6) is 0 Å². The third-order valence-electron chi connectivity index (χ3n) is 3.62. The lowest BCUT2D eigenvalue weighted by atomic mass is 9.85. The molecule has 1 heterocycles. The zero-order valence-electron chi connectivity index (χ0n) is 10.4. The van der Waals surface area contributed by atoms with Crippen LogP contribution in [0.4, 0.5) is 0 Å². The molecule has 1 aliphatic rings. The van der Waals surface area contributed by atoms with Crippen LogP contribution in [0.2, 0.25) is 0 Å². The van der Waals surface area contributed by atoms with Crippen molar-refractivity contribution in [2.75, 3.05) is 19.6 Å². The van der Waals surface area contributed by atoms with E-state index in [0.29, 0.717) is 11.5 Å². The molecule has 14 heavy (non-hydrogen) atoms. The van der Waals surface area contributed by atoms with Crippen LogP contribution in [0.3, 0.4) is 0 Å². The topological polar surface area (TPSA) is 15.3 Å². The highest BCUT2D eigenvalue weighted by atomic mass is 15.2. The van der Waals surface area contributed by atoms with Crippen LogP contribution in [0, 0.1) is 5.41 Å². The van der Waals surface area contributed by atoms with Crippen molar-refractivity contribution in [3.8, 4) is 0 Å². The summed E-state index contributed by atoms with van der Waals surface area (Å²) in [7, 11) is 0. The van der Waals surface area contributed by atoms with Crippen LogP contribution < -0.4 is 5.32 Å². The minimum absolute atomic E-state index is 0.394. The summed E-state index contributed by atoms with van der Waals surface area (Å²) in [4.78, 5) is 2.68. The summed E-state index contributed by atoms with van der Waals surface area (Å²) >= 11 is 0. The molecule has 0 bridgehead atoms. The molecule has 0 amide bonds. The van der Waals surface area contributed by atoms with E-state index in [1.54, 1.807) is 0 Å².